The second-order valence-corrected chi connectivity index (χ2v) is 8.07. The molecule has 2 fully saturated rings. The van der Waals surface area contributed by atoms with Gasteiger partial charge in [-0.1, -0.05) is 12.1 Å². The molecular formula is C22H24F3N5. The van der Waals surface area contributed by atoms with Gasteiger partial charge in [0.2, 0.25) is 0 Å². The highest BCUT2D eigenvalue weighted by Crippen LogP contribution is 2.62. The number of halogens is 3. The van der Waals surface area contributed by atoms with E-state index < -0.39 is 11.7 Å². The smallest absolute Gasteiger partial charge is 0.317 e. The molecule has 2 unspecified atom stereocenters. The van der Waals surface area contributed by atoms with Crippen LogP contribution in [0.15, 0.2) is 48.9 Å². The van der Waals surface area contributed by atoms with Crippen LogP contribution in [0.25, 0.3) is 11.4 Å². The number of benzene rings is 1. The fraction of sp³-hybridized carbons (Fsp3) is 0.409. The van der Waals surface area contributed by atoms with E-state index in [1.165, 1.54) is 12.1 Å². The summed E-state index contributed by atoms with van der Waals surface area (Å²) < 4.78 is 39.1. The van der Waals surface area contributed by atoms with Crippen LogP contribution in [0.5, 0.6) is 0 Å². The van der Waals surface area contributed by atoms with Gasteiger partial charge in [-0.2, -0.15) is 13.2 Å². The topological polar surface area (TPSA) is 55.6 Å². The number of aryl methyl sites for hydroxylation is 2. The highest BCUT2D eigenvalue weighted by Gasteiger charge is 2.55. The van der Waals surface area contributed by atoms with E-state index in [9.17, 15) is 13.2 Å². The molecule has 1 aliphatic heterocycles. The maximum Gasteiger partial charge on any atom is 0.416 e. The molecule has 158 valence electrons. The van der Waals surface area contributed by atoms with Gasteiger partial charge in [-0.05, 0) is 67.5 Å². The molecule has 1 aliphatic carbocycles. The molecule has 30 heavy (non-hydrogen) atoms. The number of nitrogens with one attached hydrogen (secondary N) is 1. The van der Waals surface area contributed by atoms with Crippen LogP contribution in [-0.4, -0.2) is 32.8 Å². The van der Waals surface area contributed by atoms with E-state index in [4.69, 9.17) is 0 Å². The van der Waals surface area contributed by atoms with Crippen molar-refractivity contribution in [2.45, 2.75) is 31.9 Å². The fourth-order valence-corrected chi connectivity index (χ4v) is 4.21. The van der Waals surface area contributed by atoms with E-state index in [1.807, 2.05) is 30.7 Å². The molecule has 3 aromatic rings. The molecule has 2 aromatic heterocycles. The van der Waals surface area contributed by atoms with Crippen molar-refractivity contribution in [3.63, 3.8) is 0 Å². The zero-order valence-electron chi connectivity index (χ0n) is 16.9. The van der Waals surface area contributed by atoms with Crippen LogP contribution in [0.2, 0.25) is 0 Å². The third kappa shape index (κ3) is 4.09. The Morgan fingerprint density at radius 2 is 1.93 bits per heavy atom. The third-order valence-electron chi connectivity index (χ3n) is 6.07. The van der Waals surface area contributed by atoms with Crippen molar-refractivity contribution in [2.75, 3.05) is 13.1 Å². The van der Waals surface area contributed by atoms with Crippen LogP contribution >= 0.6 is 0 Å². The van der Waals surface area contributed by atoms with Crippen molar-refractivity contribution >= 4 is 0 Å². The van der Waals surface area contributed by atoms with Crippen molar-refractivity contribution in [3.05, 3.63) is 65.7 Å². The molecule has 5 rings (SSSR count). The molecule has 2 atom stereocenters. The Kier molecular flexibility index (Phi) is 5.36. The monoisotopic (exact) mass is 415 g/mol. The van der Waals surface area contributed by atoms with E-state index in [-0.39, 0.29) is 0 Å². The normalized spacial score (nSPS) is 22.6. The van der Waals surface area contributed by atoms with Gasteiger partial charge < -0.3 is 9.88 Å². The molecule has 1 spiro atoms. The van der Waals surface area contributed by atoms with Crippen LogP contribution < -0.4 is 5.32 Å². The minimum absolute atomic E-state index is 0.347. The molecule has 2 aliphatic rings. The predicted molar refractivity (Wildman–Crippen MR) is 108 cm³/mol. The van der Waals surface area contributed by atoms with E-state index >= 15 is 0 Å². The summed E-state index contributed by atoms with van der Waals surface area (Å²) in [5, 5.41) is 11.2. The Labute approximate surface area is 173 Å². The second kappa shape index (κ2) is 7.83. The standard InChI is InChI=1S/C13H14F3N.C9H10N4/c14-13(15,16)10-3-1-9(2-4-10)11-7-12(11)5-6-17-8-12;1-7-8(4-3-5-10-7)9-12-11-6-13(9)2/h1-4,11,17H,5-8H2;3-6H,1-2H3. The molecule has 5 nitrogen and oxygen atoms in total. The van der Waals surface area contributed by atoms with E-state index in [0.29, 0.717) is 11.3 Å². The largest absolute Gasteiger partial charge is 0.416 e. The van der Waals surface area contributed by atoms with Crippen molar-refractivity contribution in [2.24, 2.45) is 12.5 Å². The summed E-state index contributed by atoms with van der Waals surface area (Å²) in [4.78, 5) is 4.20. The van der Waals surface area contributed by atoms with Crippen molar-refractivity contribution in [1.29, 1.82) is 0 Å². The maximum atomic E-state index is 12.4. The molecule has 1 aromatic carbocycles. The summed E-state index contributed by atoms with van der Waals surface area (Å²) in [6.07, 6.45) is 1.50. The molecule has 8 heteroatoms. The van der Waals surface area contributed by atoms with Gasteiger partial charge in [-0.15, -0.1) is 10.2 Å². The van der Waals surface area contributed by atoms with Crippen LogP contribution in [0, 0.1) is 12.3 Å². The second-order valence-electron chi connectivity index (χ2n) is 8.07. The number of rotatable bonds is 2. The molecule has 0 amide bonds. The Balaban J connectivity index is 0.000000151. The zero-order valence-corrected chi connectivity index (χ0v) is 16.9. The lowest BCUT2D eigenvalue weighted by Crippen LogP contribution is -2.10. The van der Waals surface area contributed by atoms with Crippen molar-refractivity contribution < 1.29 is 13.2 Å². The summed E-state index contributed by atoms with van der Waals surface area (Å²) in [7, 11) is 1.92. The lowest BCUT2D eigenvalue weighted by molar-refractivity contribution is -0.137. The molecular weight excluding hydrogens is 391 g/mol. The van der Waals surface area contributed by atoms with Crippen LogP contribution in [0.4, 0.5) is 13.2 Å². The molecule has 1 saturated heterocycles. The Morgan fingerprint density at radius 3 is 2.50 bits per heavy atom. The summed E-state index contributed by atoms with van der Waals surface area (Å²) in [6, 6.07) is 9.57. The van der Waals surface area contributed by atoms with E-state index in [2.05, 4.69) is 20.5 Å². The van der Waals surface area contributed by atoms with E-state index in [1.54, 1.807) is 24.7 Å². The molecule has 0 bridgehead atoms. The van der Waals surface area contributed by atoms with Gasteiger partial charge in [-0.25, -0.2) is 0 Å². The Bertz CT molecular complexity index is 1000. The van der Waals surface area contributed by atoms with Gasteiger partial charge in [0.05, 0.1) is 5.56 Å². The number of hydrogen-bond donors (Lipinski definition) is 1. The number of aromatic nitrogens is 4. The summed E-state index contributed by atoms with van der Waals surface area (Å²) in [5.74, 6) is 1.31. The van der Waals surface area contributed by atoms with Crippen molar-refractivity contribution in [1.82, 2.24) is 25.1 Å². The molecule has 1 saturated carbocycles. The van der Waals surface area contributed by atoms with Gasteiger partial charge in [0.1, 0.15) is 6.33 Å². The predicted octanol–water partition coefficient (Wildman–Crippen LogP) is 4.36. The Hall–Kier alpha value is -2.74. The first-order chi connectivity index (χ1) is 14.3. The lowest BCUT2D eigenvalue weighted by atomic mass is 9.97. The summed E-state index contributed by atoms with van der Waals surface area (Å²) in [6.45, 7) is 4.01. The highest BCUT2D eigenvalue weighted by molar-refractivity contribution is 5.57. The first-order valence-electron chi connectivity index (χ1n) is 9.94. The number of pyridine rings is 1. The summed E-state index contributed by atoms with van der Waals surface area (Å²) >= 11 is 0. The zero-order chi connectivity index (χ0) is 21.4. The van der Waals surface area contributed by atoms with Gasteiger partial charge in [0.25, 0.3) is 0 Å². The molecule has 3 heterocycles. The first-order valence-corrected chi connectivity index (χ1v) is 9.94. The lowest BCUT2D eigenvalue weighted by Gasteiger charge is -2.10. The fourth-order valence-electron chi connectivity index (χ4n) is 4.21. The molecule has 1 N–H and O–H groups in total. The third-order valence-corrected chi connectivity index (χ3v) is 6.07. The molecule has 0 radical (unpaired) electrons. The SMILES string of the molecule is Cc1ncccc1-c1nncn1C.FC(F)(F)c1ccc(C2CC23CCNC3)cc1. The van der Waals surface area contributed by atoms with Gasteiger partial charge in [0, 0.05) is 31.0 Å². The first kappa shape index (κ1) is 20.5. The Morgan fingerprint density at radius 1 is 1.17 bits per heavy atom. The number of alkyl halides is 3. The highest BCUT2D eigenvalue weighted by atomic mass is 19.4. The minimum Gasteiger partial charge on any atom is -0.317 e. The van der Waals surface area contributed by atoms with Crippen LogP contribution in [-0.2, 0) is 13.2 Å². The minimum atomic E-state index is -4.23. The maximum absolute atomic E-state index is 12.4. The number of hydrogen-bond acceptors (Lipinski definition) is 4. The van der Waals surface area contributed by atoms with Gasteiger partial charge in [0.15, 0.2) is 5.82 Å². The van der Waals surface area contributed by atoms with Crippen LogP contribution in [0.1, 0.15) is 35.6 Å². The van der Waals surface area contributed by atoms with Crippen molar-refractivity contribution in [3.8, 4) is 11.4 Å². The van der Waals surface area contributed by atoms with Gasteiger partial charge in [-0.3, -0.25) is 4.98 Å². The van der Waals surface area contributed by atoms with Gasteiger partial charge >= 0.3 is 6.18 Å². The average molecular weight is 415 g/mol. The average Bonchev–Trinajstić information content (AvgIpc) is 3.00. The summed E-state index contributed by atoms with van der Waals surface area (Å²) in [5.41, 5.74) is 2.85. The number of nitrogens with zero attached hydrogens (tertiary/aromatic N) is 4. The van der Waals surface area contributed by atoms with E-state index in [0.717, 1.165) is 48.6 Å². The quantitative estimate of drug-likeness (QED) is 0.676. The van der Waals surface area contributed by atoms with Crippen LogP contribution in [0.3, 0.4) is 0 Å².